The number of benzene rings is 2. The van der Waals surface area contributed by atoms with Crippen LogP contribution in [0.2, 0.25) is 0 Å². The van der Waals surface area contributed by atoms with Gasteiger partial charge in [-0.3, -0.25) is 19.3 Å². The lowest BCUT2D eigenvalue weighted by molar-refractivity contribution is -0.142. The quantitative estimate of drug-likeness (QED) is 0.370. The van der Waals surface area contributed by atoms with Crippen molar-refractivity contribution < 1.29 is 42.1 Å². The zero-order valence-electron chi connectivity index (χ0n) is 29.6. The van der Waals surface area contributed by atoms with Gasteiger partial charge in [0.15, 0.2) is 0 Å². The summed E-state index contributed by atoms with van der Waals surface area (Å²) in [6.45, 7) is 5.69. The summed E-state index contributed by atoms with van der Waals surface area (Å²) in [5.74, 6) is -1.73. The number of ether oxygens (including phenoxy) is 2. The number of carbonyl (C=O) groups is 3. The molecule has 0 aliphatic carbocycles. The third kappa shape index (κ3) is 7.99. The molecule has 4 aliphatic heterocycles. The highest BCUT2D eigenvalue weighted by molar-refractivity contribution is 5.82. The smallest absolute Gasteiger partial charge is 0.416 e. The first-order chi connectivity index (χ1) is 24.4. The Labute approximate surface area is 297 Å². The van der Waals surface area contributed by atoms with E-state index in [2.05, 4.69) is 11.8 Å². The van der Waals surface area contributed by atoms with Crippen LogP contribution in [0.25, 0.3) is 0 Å². The first-order valence-electron chi connectivity index (χ1n) is 18.0. The number of piperidine rings is 1. The van der Waals surface area contributed by atoms with Crippen molar-refractivity contribution in [3.8, 4) is 5.75 Å². The van der Waals surface area contributed by atoms with Crippen LogP contribution < -0.4 is 9.64 Å². The highest BCUT2D eigenvalue weighted by Gasteiger charge is 2.46. The molecule has 0 aromatic heterocycles. The number of carbonyl (C=O) groups excluding carboxylic acids is 2. The van der Waals surface area contributed by atoms with Crippen molar-refractivity contribution in [1.82, 2.24) is 14.7 Å². The number of likely N-dealkylation sites (tertiary alicyclic amines) is 3. The molecule has 0 unspecified atom stereocenters. The van der Waals surface area contributed by atoms with Gasteiger partial charge in [-0.2, -0.15) is 13.2 Å². The molecule has 6 rings (SSSR count). The van der Waals surface area contributed by atoms with E-state index < -0.39 is 29.5 Å². The van der Waals surface area contributed by atoms with Crippen LogP contribution in [0, 0.1) is 17.8 Å². The van der Waals surface area contributed by atoms with Gasteiger partial charge in [0.05, 0.1) is 37.7 Å². The van der Waals surface area contributed by atoms with Crippen molar-refractivity contribution >= 4 is 23.5 Å². The van der Waals surface area contributed by atoms with E-state index >= 15 is 0 Å². The van der Waals surface area contributed by atoms with Gasteiger partial charge in [0, 0.05) is 82.4 Å². The molecule has 51 heavy (non-hydrogen) atoms. The van der Waals surface area contributed by atoms with Gasteiger partial charge in [0.25, 0.3) is 0 Å². The van der Waals surface area contributed by atoms with Gasteiger partial charge in [0.2, 0.25) is 11.8 Å². The summed E-state index contributed by atoms with van der Waals surface area (Å²) in [4.78, 5) is 47.3. The number of halogens is 3. The summed E-state index contributed by atoms with van der Waals surface area (Å²) in [7, 11) is 3.18. The SMILES string of the molecule is COC[C@H]1CN(C(=O)[C@@H]2CN(CC(=O)N3CCC[C@H]3C)C[C@H]2c2ccc(OC)cc2)C[C@@H]1c1ccc(C(F)(F)F)cc1N1CCC(C(=O)O)CC1. The van der Waals surface area contributed by atoms with Crippen LogP contribution in [-0.4, -0.2) is 117 Å². The monoisotopic (exact) mass is 714 g/mol. The highest BCUT2D eigenvalue weighted by atomic mass is 19.4. The molecular formula is C38H49F3N4O6. The number of hydrogen-bond donors (Lipinski definition) is 1. The normalized spacial score (nSPS) is 26.2. The second-order valence-electron chi connectivity index (χ2n) is 14.7. The molecule has 13 heteroatoms. The number of amides is 2. The number of alkyl halides is 3. The van der Waals surface area contributed by atoms with Gasteiger partial charge in [-0.05, 0) is 68.0 Å². The summed E-state index contributed by atoms with van der Waals surface area (Å²) >= 11 is 0. The fourth-order valence-corrected chi connectivity index (χ4v) is 8.74. The standard InChI is InChI=1S/C38H49F3N4O6/c1-24-5-4-14-45(24)35(46)22-42-19-31(25-6-9-29(51-3)10-7-25)33(20-42)36(47)44-18-27(23-50-2)32(21-44)30-11-8-28(38(39,40)41)17-34(30)43-15-12-26(13-16-43)37(48)49/h6-11,17,24,26-27,31-33H,4-5,12-16,18-23H2,1-3H3,(H,48,49)/t24-,27-,31+,32+,33-/m1/s1. The van der Waals surface area contributed by atoms with E-state index in [-0.39, 0.29) is 42.2 Å². The van der Waals surface area contributed by atoms with Gasteiger partial charge in [-0.25, -0.2) is 0 Å². The number of rotatable bonds is 10. The van der Waals surface area contributed by atoms with E-state index in [9.17, 15) is 32.7 Å². The van der Waals surface area contributed by atoms with Crippen LogP contribution in [0.3, 0.4) is 0 Å². The lowest BCUT2D eigenvalue weighted by atomic mass is 9.86. The molecule has 4 fully saturated rings. The van der Waals surface area contributed by atoms with Crippen LogP contribution in [0.15, 0.2) is 42.5 Å². The zero-order valence-corrected chi connectivity index (χ0v) is 29.6. The Bertz CT molecular complexity index is 1560. The number of carboxylic acids is 1. The van der Waals surface area contributed by atoms with Crippen molar-refractivity contribution in [2.75, 3.05) is 78.1 Å². The molecule has 0 bridgehead atoms. The van der Waals surface area contributed by atoms with Crippen LogP contribution >= 0.6 is 0 Å². The topological polar surface area (TPSA) is 103 Å². The Hall–Kier alpha value is -3.84. The van der Waals surface area contributed by atoms with E-state index in [0.29, 0.717) is 75.7 Å². The average Bonchev–Trinajstić information content (AvgIpc) is 3.86. The van der Waals surface area contributed by atoms with Crippen LogP contribution in [0.5, 0.6) is 5.75 Å². The van der Waals surface area contributed by atoms with Gasteiger partial charge >= 0.3 is 12.1 Å². The number of methoxy groups -OCH3 is 2. The Morgan fingerprint density at radius 3 is 2.24 bits per heavy atom. The maximum Gasteiger partial charge on any atom is 0.416 e. The van der Waals surface area contributed by atoms with E-state index in [1.165, 1.54) is 12.1 Å². The molecule has 4 aliphatic rings. The Balaban J connectivity index is 1.27. The third-order valence-corrected chi connectivity index (χ3v) is 11.6. The molecule has 0 saturated carbocycles. The largest absolute Gasteiger partial charge is 0.497 e. The maximum absolute atomic E-state index is 14.6. The minimum Gasteiger partial charge on any atom is -0.497 e. The molecule has 2 aromatic carbocycles. The van der Waals surface area contributed by atoms with Gasteiger partial charge < -0.3 is 29.3 Å². The second kappa shape index (κ2) is 15.4. The van der Waals surface area contributed by atoms with Gasteiger partial charge in [0.1, 0.15) is 5.75 Å². The van der Waals surface area contributed by atoms with Crippen LogP contribution in [0.1, 0.15) is 61.1 Å². The minimum atomic E-state index is -4.55. The molecule has 278 valence electrons. The summed E-state index contributed by atoms with van der Waals surface area (Å²) in [6, 6.07) is 11.7. The zero-order chi connectivity index (χ0) is 36.4. The number of anilines is 1. The predicted molar refractivity (Wildman–Crippen MR) is 185 cm³/mol. The molecule has 4 saturated heterocycles. The molecule has 4 heterocycles. The first-order valence-corrected chi connectivity index (χ1v) is 18.0. The molecule has 0 spiro atoms. The summed E-state index contributed by atoms with van der Waals surface area (Å²) in [5, 5.41) is 9.53. The second-order valence-corrected chi connectivity index (χ2v) is 14.7. The molecule has 0 radical (unpaired) electrons. The van der Waals surface area contributed by atoms with Crippen molar-refractivity contribution in [2.24, 2.45) is 17.8 Å². The molecule has 1 N–H and O–H groups in total. The molecule has 5 atom stereocenters. The number of hydrogen-bond acceptors (Lipinski definition) is 7. The number of aliphatic carboxylic acids is 1. The fourth-order valence-electron chi connectivity index (χ4n) is 8.74. The van der Waals surface area contributed by atoms with E-state index in [1.54, 1.807) is 14.2 Å². The Morgan fingerprint density at radius 1 is 0.902 bits per heavy atom. The number of nitrogens with zero attached hydrogens (tertiary/aromatic N) is 4. The van der Waals surface area contributed by atoms with Gasteiger partial charge in [-0.15, -0.1) is 0 Å². The van der Waals surface area contributed by atoms with Crippen LogP contribution in [0.4, 0.5) is 18.9 Å². The Morgan fingerprint density at radius 2 is 1.63 bits per heavy atom. The molecule has 2 amide bonds. The molecular weight excluding hydrogens is 665 g/mol. The predicted octanol–water partition coefficient (Wildman–Crippen LogP) is 4.93. The Kier molecular flexibility index (Phi) is 11.2. The lowest BCUT2D eigenvalue weighted by Crippen LogP contribution is -2.42. The van der Waals surface area contributed by atoms with E-state index in [1.807, 2.05) is 39.0 Å². The lowest BCUT2D eigenvalue weighted by Gasteiger charge is -2.35. The first kappa shape index (κ1) is 36.9. The maximum atomic E-state index is 14.6. The van der Waals surface area contributed by atoms with Crippen LogP contribution in [-0.2, 0) is 25.3 Å². The summed E-state index contributed by atoms with van der Waals surface area (Å²) in [5.41, 5.74) is 1.37. The van der Waals surface area contributed by atoms with Crippen molar-refractivity contribution in [2.45, 2.75) is 56.7 Å². The summed E-state index contributed by atoms with van der Waals surface area (Å²) < 4.78 is 52.9. The fraction of sp³-hybridized carbons (Fsp3) is 0.605. The molecule has 2 aromatic rings. The van der Waals surface area contributed by atoms with E-state index in [0.717, 1.165) is 31.0 Å². The number of carboxylic acid groups (broad SMARTS) is 1. The van der Waals surface area contributed by atoms with E-state index in [4.69, 9.17) is 9.47 Å². The minimum absolute atomic E-state index is 0.0420. The molecule has 10 nitrogen and oxygen atoms in total. The van der Waals surface area contributed by atoms with Gasteiger partial charge in [-0.1, -0.05) is 18.2 Å². The summed E-state index contributed by atoms with van der Waals surface area (Å²) in [6.07, 6.45) is -1.89. The van der Waals surface area contributed by atoms with Crippen molar-refractivity contribution in [3.63, 3.8) is 0 Å². The highest BCUT2D eigenvalue weighted by Crippen LogP contribution is 2.44. The van der Waals surface area contributed by atoms with Crippen molar-refractivity contribution in [1.29, 1.82) is 0 Å². The average molecular weight is 715 g/mol. The van der Waals surface area contributed by atoms with Crippen molar-refractivity contribution in [3.05, 3.63) is 59.2 Å². The third-order valence-electron chi connectivity index (χ3n) is 11.6.